The molecule has 1 aromatic rings. The van der Waals surface area contributed by atoms with Crippen molar-refractivity contribution in [3.8, 4) is 0 Å². The monoisotopic (exact) mass is 249 g/mol. The number of nitrogens with zero attached hydrogens (tertiary/aromatic N) is 2. The van der Waals surface area contributed by atoms with Crippen LogP contribution in [0.15, 0.2) is 18.3 Å². The van der Waals surface area contributed by atoms with Crippen molar-refractivity contribution in [1.29, 1.82) is 0 Å². The molecule has 0 aliphatic carbocycles. The van der Waals surface area contributed by atoms with Crippen LogP contribution in [0.25, 0.3) is 0 Å². The summed E-state index contributed by atoms with van der Waals surface area (Å²) >= 11 is 0. The maximum atomic E-state index is 12.1. The number of nitrogens with one attached hydrogen (secondary N) is 1. The molecule has 1 aromatic heterocycles. The van der Waals surface area contributed by atoms with Gasteiger partial charge in [-0.3, -0.25) is 9.78 Å². The molecule has 18 heavy (non-hydrogen) atoms. The molecule has 100 valence electrons. The number of carbonyl (C=O) groups is 1. The predicted molar refractivity (Wildman–Crippen MR) is 73.2 cm³/mol. The first-order chi connectivity index (χ1) is 8.60. The van der Waals surface area contributed by atoms with Crippen LogP contribution in [0, 0.1) is 6.92 Å². The summed E-state index contributed by atoms with van der Waals surface area (Å²) in [6.45, 7) is 10.1. The first-order valence-electron chi connectivity index (χ1n) is 6.52. The van der Waals surface area contributed by atoms with Crippen LogP contribution in [0.5, 0.6) is 0 Å². The summed E-state index contributed by atoms with van der Waals surface area (Å²) in [4.78, 5) is 18.2. The Kier molecular flexibility index (Phi) is 5.78. The van der Waals surface area contributed by atoms with Gasteiger partial charge in [0, 0.05) is 25.8 Å². The first-order valence-corrected chi connectivity index (χ1v) is 6.52. The number of rotatable bonds is 6. The molecule has 0 fully saturated rings. The van der Waals surface area contributed by atoms with Gasteiger partial charge < -0.3 is 10.2 Å². The Balaban J connectivity index is 2.53. The number of carbonyl (C=O) groups excluding carboxylic acids is 1. The lowest BCUT2D eigenvalue weighted by Crippen LogP contribution is -2.44. The lowest BCUT2D eigenvalue weighted by atomic mass is 10.2. The van der Waals surface area contributed by atoms with Crippen molar-refractivity contribution in [2.24, 2.45) is 0 Å². The molecule has 0 aliphatic heterocycles. The summed E-state index contributed by atoms with van der Waals surface area (Å²) < 4.78 is 0. The molecule has 0 radical (unpaired) electrons. The zero-order valence-corrected chi connectivity index (χ0v) is 11.7. The van der Waals surface area contributed by atoms with Crippen molar-refractivity contribution < 1.29 is 4.79 Å². The van der Waals surface area contributed by atoms with Gasteiger partial charge in [-0.05, 0) is 39.3 Å². The van der Waals surface area contributed by atoms with Crippen LogP contribution in [0.2, 0.25) is 0 Å². The summed E-state index contributed by atoms with van der Waals surface area (Å²) in [6, 6.07) is 3.77. The Morgan fingerprint density at radius 3 is 2.67 bits per heavy atom. The van der Waals surface area contributed by atoms with Gasteiger partial charge in [-0.25, -0.2) is 0 Å². The minimum absolute atomic E-state index is 0.147. The minimum atomic E-state index is -0.175. The summed E-state index contributed by atoms with van der Waals surface area (Å²) in [7, 11) is 0. The van der Waals surface area contributed by atoms with Gasteiger partial charge >= 0.3 is 0 Å². The minimum Gasteiger partial charge on any atom is -0.342 e. The molecule has 1 amide bonds. The van der Waals surface area contributed by atoms with E-state index in [1.807, 2.05) is 44.7 Å². The number of amides is 1. The van der Waals surface area contributed by atoms with Crippen LogP contribution in [-0.2, 0) is 11.3 Å². The maximum absolute atomic E-state index is 12.1. The van der Waals surface area contributed by atoms with E-state index < -0.39 is 0 Å². The van der Waals surface area contributed by atoms with Crippen LogP contribution in [0.1, 0.15) is 32.0 Å². The lowest BCUT2D eigenvalue weighted by molar-refractivity contribution is -0.132. The highest BCUT2D eigenvalue weighted by atomic mass is 16.2. The van der Waals surface area contributed by atoms with E-state index in [-0.39, 0.29) is 11.9 Å². The molecule has 0 aromatic carbocycles. The molecule has 1 unspecified atom stereocenters. The molecule has 0 spiro atoms. The number of hydrogen-bond acceptors (Lipinski definition) is 3. The molecule has 1 rings (SSSR count). The summed E-state index contributed by atoms with van der Waals surface area (Å²) in [5, 5.41) is 3.23. The quantitative estimate of drug-likeness (QED) is 0.835. The van der Waals surface area contributed by atoms with Gasteiger partial charge in [-0.15, -0.1) is 0 Å². The highest BCUT2D eigenvalue weighted by molar-refractivity contribution is 5.81. The van der Waals surface area contributed by atoms with E-state index in [0.29, 0.717) is 6.54 Å². The van der Waals surface area contributed by atoms with E-state index in [9.17, 15) is 4.79 Å². The largest absolute Gasteiger partial charge is 0.342 e. The Labute approximate surface area is 109 Å². The van der Waals surface area contributed by atoms with Crippen LogP contribution >= 0.6 is 0 Å². The Morgan fingerprint density at radius 1 is 1.44 bits per heavy atom. The fraction of sp³-hybridized carbons (Fsp3) is 0.571. The molecule has 0 bridgehead atoms. The highest BCUT2D eigenvalue weighted by Crippen LogP contribution is 2.03. The topological polar surface area (TPSA) is 45.2 Å². The molecule has 0 saturated carbocycles. The molecule has 4 nitrogen and oxygen atoms in total. The molecule has 4 heteroatoms. The van der Waals surface area contributed by atoms with E-state index in [4.69, 9.17) is 0 Å². The lowest BCUT2D eigenvalue weighted by Gasteiger charge is -2.23. The average Bonchev–Trinajstić information content (AvgIpc) is 2.38. The zero-order chi connectivity index (χ0) is 13.5. The highest BCUT2D eigenvalue weighted by Gasteiger charge is 2.17. The van der Waals surface area contributed by atoms with E-state index >= 15 is 0 Å². The van der Waals surface area contributed by atoms with Crippen molar-refractivity contribution in [3.63, 3.8) is 0 Å². The van der Waals surface area contributed by atoms with Gasteiger partial charge in [-0.2, -0.15) is 0 Å². The van der Waals surface area contributed by atoms with Crippen LogP contribution < -0.4 is 5.32 Å². The smallest absolute Gasteiger partial charge is 0.239 e. The zero-order valence-electron chi connectivity index (χ0n) is 11.7. The number of hydrogen-bond donors (Lipinski definition) is 1. The fourth-order valence-electron chi connectivity index (χ4n) is 1.85. The molecular weight excluding hydrogens is 226 g/mol. The number of aryl methyl sites for hydroxylation is 1. The second-order valence-corrected chi connectivity index (χ2v) is 4.38. The summed E-state index contributed by atoms with van der Waals surface area (Å²) in [5.74, 6) is 0.147. The second kappa shape index (κ2) is 7.11. The normalized spacial score (nSPS) is 12.2. The maximum Gasteiger partial charge on any atom is 0.239 e. The van der Waals surface area contributed by atoms with Crippen molar-refractivity contribution in [2.45, 2.75) is 40.3 Å². The van der Waals surface area contributed by atoms with Crippen LogP contribution in [0.3, 0.4) is 0 Å². The van der Waals surface area contributed by atoms with Crippen molar-refractivity contribution in [1.82, 2.24) is 15.2 Å². The van der Waals surface area contributed by atoms with Gasteiger partial charge in [0.1, 0.15) is 0 Å². The SMILES string of the molecule is CCN(CC)C(=O)C(C)NCc1ncccc1C. The van der Waals surface area contributed by atoms with E-state index in [0.717, 1.165) is 24.3 Å². The van der Waals surface area contributed by atoms with E-state index in [2.05, 4.69) is 10.3 Å². The van der Waals surface area contributed by atoms with Crippen LogP contribution in [-0.4, -0.2) is 34.9 Å². The Bertz CT molecular complexity index is 388. The number of likely N-dealkylation sites (N-methyl/N-ethyl adjacent to an activating group) is 1. The summed E-state index contributed by atoms with van der Waals surface area (Å²) in [5.41, 5.74) is 2.14. The van der Waals surface area contributed by atoms with Gasteiger partial charge in [0.15, 0.2) is 0 Å². The Morgan fingerprint density at radius 2 is 2.11 bits per heavy atom. The van der Waals surface area contributed by atoms with E-state index in [1.165, 1.54) is 0 Å². The molecule has 1 atom stereocenters. The van der Waals surface area contributed by atoms with Crippen molar-refractivity contribution in [2.75, 3.05) is 13.1 Å². The van der Waals surface area contributed by atoms with Gasteiger partial charge in [0.2, 0.25) is 5.91 Å². The molecule has 1 heterocycles. The van der Waals surface area contributed by atoms with Gasteiger partial charge in [-0.1, -0.05) is 6.07 Å². The number of aromatic nitrogens is 1. The van der Waals surface area contributed by atoms with Crippen molar-refractivity contribution in [3.05, 3.63) is 29.6 Å². The second-order valence-electron chi connectivity index (χ2n) is 4.38. The third kappa shape index (κ3) is 3.81. The van der Waals surface area contributed by atoms with Crippen molar-refractivity contribution >= 4 is 5.91 Å². The van der Waals surface area contributed by atoms with Gasteiger partial charge in [0.25, 0.3) is 0 Å². The molecule has 1 N–H and O–H groups in total. The van der Waals surface area contributed by atoms with E-state index in [1.54, 1.807) is 6.20 Å². The third-order valence-corrected chi connectivity index (χ3v) is 3.14. The molecule has 0 saturated heterocycles. The number of pyridine rings is 1. The first kappa shape index (κ1) is 14.6. The Hall–Kier alpha value is -1.42. The fourth-order valence-corrected chi connectivity index (χ4v) is 1.85. The molecular formula is C14H23N3O. The average molecular weight is 249 g/mol. The standard InChI is InChI=1S/C14H23N3O/c1-5-17(6-2)14(18)12(4)16-10-13-11(3)8-7-9-15-13/h7-9,12,16H,5-6,10H2,1-4H3. The third-order valence-electron chi connectivity index (χ3n) is 3.14. The van der Waals surface area contributed by atoms with Crippen LogP contribution in [0.4, 0.5) is 0 Å². The van der Waals surface area contributed by atoms with Gasteiger partial charge in [0.05, 0.1) is 11.7 Å². The predicted octanol–water partition coefficient (Wildman–Crippen LogP) is 1.74. The molecule has 0 aliphatic rings. The summed E-state index contributed by atoms with van der Waals surface area (Å²) in [6.07, 6.45) is 1.78.